The molecule has 0 spiro atoms. The zero-order valence-corrected chi connectivity index (χ0v) is 9.50. The molecular formula is C9H15IO2. The number of hydrogen-bond donors (Lipinski definition) is 1. The minimum absolute atomic E-state index is 0.0165. The molecule has 0 amide bonds. The molecule has 0 aromatic carbocycles. The van der Waals surface area contributed by atoms with E-state index in [0.717, 1.165) is 25.7 Å². The smallest absolute Gasteiger partial charge is 0.177 e. The molecule has 0 radical (unpaired) electrons. The summed E-state index contributed by atoms with van der Waals surface area (Å²) in [5.41, 5.74) is -0.237. The van der Waals surface area contributed by atoms with Crippen molar-refractivity contribution in [3.63, 3.8) is 0 Å². The molecule has 1 fully saturated rings. The molecule has 1 unspecified atom stereocenters. The van der Waals surface area contributed by atoms with Gasteiger partial charge < -0.3 is 5.11 Å². The van der Waals surface area contributed by atoms with E-state index in [-0.39, 0.29) is 11.2 Å². The van der Waals surface area contributed by atoms with Crippen molar-refractivity contribution in [2.45, 2.75) is 43.1 Å². The maximum atomic E-state index is 11.6. The van der Waals surface area contributed by atoms with Crippen LogP contribution in [0.2, 0.25) is 0 Å². The van der Waals surface area contributed by atoms with E-state index >= 15 is 0 Å². The van der Waals surface area contributed by atoms with Crippen molar-refractivity contribution in [2.75, 3.05) is 0 Å². The Morgan fingerprint density at radius 3 is 2.33 bits per heavy atom. The Balaban J connectivity index is 2.62. The van der Waals surface area contributed by atoms with Crippen molar-refractivity contribution < 1.29 is 9.90 Å². The van der Waals surface area contributed by atoms with Crippen LogP contribution in [0, 0.1) is 5.41 Å². The van der Waals surface area contributed by atoms with Gasteiger partial charge in [-0.25, -0.2) is 0 Å². The lowest BCUT2D eigenvalue weighted by atomic mass is 9.73. The summed E-state index contributed by atoms with van der Waals surface area (Å²) in [6, 6.07) is 0. The first-order valence-corrected chi connectivity index (χ1v) is 5.67. The van der Waals surface area contributed by atoms with E-state index in [1.54, 1.807) is 22.6 Å². The number of alkyl halides is 1. The molecule has 0 bridgehead atoms. The molecule has 3 heteroatoms. The second-order valence-electron chi connectivity index (χ2n) is 3.82. The third-order valence-corrected chi connectivity index (χ3v) is 3.33. The van der Waals surface area contributed by atoms with Gasteiger partial charge >= 0.3 is 0 Å². The maximum Gasteiger partial charge on any atom is 0.177 e. The molecule has 1 atom stereocenters. The van der Waals surface area contributed by atoms with Gasteiger partial charge in [0.25, 0.3) is 0 Å². The molecule has 12 heavy (non-hydrogen) atoms. The fraction of sp³-hybridized carbons (Fsp3) is 0.889. The molecule has 70 valence electrons. The second-order valence-corrected chi connectivity index (χ2v) is 5.00. The van der Waals surface area contributed by atoms with Gasteiger partial charge in [-0.05, 0) is 35.4 Å². The summed E-state index contributed by atoms with van der Waals surface area (Å²) in [4.78, 5) is 11.6. The van der Waals surface area contributed by atoms with E-state index in [9.17, 15) is 9.90 Å². The molecule has 0 saturated heterocycles. The van der Waals surface area contributed by atoms with Crippen LogP contribution in [0.5, 0.6) is 0 Å². The summed E-state index contributed by atoms with van der Waals surface area (Å²) in [6.07, 6.45) is 5.40. The van der Waals surface area contributed by atoms with Crippen molar-refractivity contribution in [1.29, 1.82) is 0 Å². The minimum atomic E-state index is -0.814. The molecule has 0 aromatic heterocycles. The van der Waals surface area contributed by atoms with E-state index in [4.69, 9.17) is 0 Å². The zero-order valence-electron chi connectivity index (χ0n) is 7.35. The van der Waals surface area contributed by atoms with Crippen molar-refractivity contribution in [3.8, 4) is 0 Å². The summed E-state index contributed by atoms with van der Waals surface area (Å²) in [5.74, 6) is 0.0165. The fourth-order valence-corrected chi connectivity index (χ4v) is 2.62. The highest BCUT2D eigenvalue weighted by Gasteiger charge is 2.36. The van der Waals surface area contributed by atoms with E-state index in [1.165, 1.54) is 6.42 Å². The Labute approximate surface area is 86.9 Å². The highest BCUT2D eigenvalue weighted by Crippen LogP contribution is 2.37. The summed E-state index contributed by atoms with van der Waals surface area (Å²) >= 11 is 1.79. The Hall–Kier alpha value is 0.360. The first-order valence-electron chi connectivity index (χ1n) is 4.43. The first kappa shape index (κ1) is 10.4. The molecule has 1 aliphatic rings. The van der Waals surface area contributed by atoms with Crippen molar-refractivity contribution >= 4 is 28.4 Å². The van der Waals surface area contributed by atoms with E-state index in [2.05, 4.69) is 0 Å². The number of aliphatic hydroxyl groups excluding tert-OH is 1. The predicted octanol–water partition coefficient (Wildman–Crippen LogP) is 2.28. The number of halogens is 1. The lowest BCUT2D eigenvalue weighted by molar-refractivity contribution is -0.133. The average molecular weight is 282 g/mol. The minimum Gasteiger partial charge on any atom is -0.375 e. The van der Waals surface area contributed by atoms with Crippen LogP contribution >= 0.6 is 22.6 Å². The number of rotatable bonds is 2. The topological polar surface area (TPSA) is 37.3 Å². The normalized spacial score (nSPS) is 24.9. The number of Topliss-reactive ketones (excluding diaryl/α,β-unsaturated/α-hetero) is 1. The highest BCUT2D eigenvalue weighted by atomic mass is 127. The van der Waals surface area contributed by atoms with E-state index in [1.807, 2.05) is 6.92 Å². The van der Waals surface area contributed by atoms with Gasteiger partial charge in [-0.15, -0.1) is 0 Å². The summed E-state index contributed by atoms with van der Waals surface area (Å²) in [5, 5.41) is 9.18. The fourth-order valence-electron chi connectivity index (χ4n) is 1.87. The number of carbonyl (C=O) groups is 1. The third kappa shape index (κ3) is 2.19. The van der Waals surface area contributed by atoms with Crippen LogP contribution < -0.4 is 0 Å². The lowest BCUT2D eigenvalue weighted by Crippen LogP contribution is -2.35. The lowest BCUT2D eigenvalue weighted by Gasteiger charge is -2.32. The van der Waals surface area contributed by atoms with Gasteiger partial charge in [0, 0.05) is 5.41 Å². The molecular weight excluding hydrogens is 267 g/mol. The van der Waals surface area contributed by atoms with Crippen LogP contribution in [0.4, 0.5) is 0 Å². The Morgan fingerprint density at radius 1 is 1.42 bits per heavy atom. The van der Waals surface area contributed by atoms with Crippen LogP contribution in [-0.4, -0.2) is 15.0 Å². The van der Waals surface area contributed by atoms with Crippen molar-refractivity contribution in [3.05, 3.63) is 0 Å². The summed E-state index contributed by atoms with van der Waals surface area (Å²) in [7, 11) is 0. The largest absolute Gasteiger partial charge is 0.375 e. The van der Waals surface area contributed by atoms with E-state index in [0.29, 0.717) is 0 Å². The molecule has 1 saturated carbocycles. The van der Waals surface area contributed by atoms with Crippen LogP contribution in [0.25, 0.3) is 0 Å². The predicted molar refractivity (Wildman–Crippen MR) is 56.2 cm³/mol. The van der Waals surface area contributed by atoms with Gasteiger partial charge in [0.15, 0.2) is 9.89 Å². The van der Waals surface area contributed by atoms with Crippen LogP contribution in [0.15, 0.2) is 0 Å². The second kappa shape index (κ2) is 4.05. The Bertz CT molecular complexity index is 171. The van der Waals surface area contributed by atoms with Gasteiger partial charge in [0.2, 0.25) is 0 Å². The van der Waals surface area contributed by atoms with Gasteiger partial charge in [-0.1, -0.05) is 26.2 Å². The number of hydrogen-bond acceptors (Lipinski definition) is 2. The highest BCUT2D eigenvalue weighted by molar-refractivity contribution is 14.1. The molecule has 0 heterocycles. The SMILES string of the molecule is CC1(C(=O)C(O)I)CCCCC1. The summed E-state index contributed by atoms with van der Waals surface area (Å²) in [6.45, 7) is 1.98. The zero-order chi connectivity index (χ0) is 9.19. The van der Waals surface area contributed by atoms with Crippen LogP contribution in [0.3, 0.4) is 0 Å². The Morgan fingerprint density at radius 2 is 1.92 bits per heavy atom. The van der Waals surface area contributed by atoms with Crippen LogP contribution in [0.1, 0.15) is 39.0 Å². The molecule has 1 rings (SSSR count). The standard InChI is InChI=1S/C9H15IO2/c1-9(7(11)8(10)12)5-3-2-4-6-9/h8,12H,2-6H2,1H3. The molecule has 0 aliphatic heterocycles. The van der Waals surface area contributed by atoms with Crippen LogP contribution in [-0.2, 0) is 4.79 Å². The van der Waals surface area contributed by atoms with Gasteiger partial charge in [0.1, 0.15) is 0 Å². The van der Waals surface area contributed by atoms with Gasteiger partial charge in [0.05, 0.1) is 0 Å². The van der Waals surface area contributed by atoms with Crippen molar-refractivity contribution in [1.82, 2.24) is 0 Å². The number of carbonyl (C=O) groups excluding carboxylic acids is 1. The monoisotopic (exact) mass is 282 g/mol. The molecule has 1 aliphatic carbocycles. The molecule has 1 N–H and O–H groups in total. The molecule has 2 nitrogen and oxygen atoms in total. The van der Waals surface area contributed by atoms with Crippen molar-refractivity contribution in [2.24, 2.45) is 5.41 Å². The van der Waals surface area contributed by atoms with E-state index < -0.39 is 4.11 Å². The maximum absolute atomic E-state index is 11.6. The third-order valence-electron chi connectivity index (χ3n) is 2.77. The number of aliphatic hydroxyl groups is 1. The Kier molecular flexibility index (Phi) is 3.52. The van der Waals surface area contributed by atoms with Gasteiger partial charge in [-0.2, -0.15) is 0 Å². The summed E-state index contributed by atoms with van der Waals surface area (Å²) < 4.78 is -0.814. The first-order chi connectivity index (χ1) is 5.56. The number of ketones is 1. The average Bonchev–Trinajstić information content (AvgIpc) is 2.04. The quantitative estimate of drug-likeness (QED) is 0.623. The molecule has 0 aromatic rings. The van der Waals surface area contributed by atoms with Gasteiger partial charge in [-0.3, -0.25) is 4.79 Å².